The molecule has 0 fully saturated rings. The predicted octanol–water partition coefficient (Wildman–Crippen LogP) is 3.61. The molecule has 24 heavy (non-hydrogen) atoms. The maximum atomic E-state index is 13.0. The Balaban J connectivity index is 0.00000288. The van der Waals surface area contributed by atoms with E-state index in [4.69, 9.17) is 17.3 Å². The molecule has 2 rings (SSSR count). The van der Waals surface area contributed by atoms with Crippen molar-refractivity contribution in [2.45, 2.75) is 24.8 Å². The van der Waals surface area contributed by atoms with Crippen LogP contribution in [0.1, 0.15) is 17.5 Å². The van der Waals surface area contributed by atoms with Gasteiger partial charge in [0, 0.05) is 13.1 Å². The van der Waals surface area contributed by atoms with Crippen LogP contribution in [-0.4, -0.2) is 25.8 Å². The molecule has 0 saturated heterocycles. The second kappa shape index (κ2) is 9.39. The lowest BCUT2D eigenvalue weighted by Gasteiger charge is -2.23. The molecule has 0 aromatic heterocycles. The predicted molar refractivity (Wildman–Crippen MR) is 101 cm³/mol. The molecule has 0 heterocycles. The Morgan fingerprint density at radius 1 is 1.12 bits per heavy atom. The third-order valence-corrected chi connectivity index (χ3v) is 5.84. The average Bonchev–Trinajstić information content (AvgIpc) is 2.54. The summed E-state index contributed by atoms with van der Waals surface area (Å²) in [5.74, 6) is 0. The Morgan fingerprint density at radius 3 is 2.42 bits per heavy atom. The van der Waals surface area contributed by atoms with E-state index in [0.717, 1.165) is 11.1 Å². The van der Waals surface area contributed by atoms with E-state index in [1.54, 1.807) is 18.2 Å². The van der Waals surface area contributed by atoms with E-state index in [2.05, 4.69) is 0 Å². The Labute approximate surface area is 155 Å². The largest absolute Gasteiger partial charge is 0.330 e. The van der Waals surface area contributed by atoms with Crippen molar-refractivity contribution in [1.82, 2.24) is 4.31 Å². The van der Waals surface area contributed by atoms with Gasteiger partial charge in [-0.3, -0.25) is 0 Å². The molecule has 0 bridgehead atoms. The zero-order valence-electron chi connectivity index (χ0n) is 13.5. The molecule has 132 valence electrons. The van der Waals surface area contributed by atoms with Gasteiger partial charge in [-0.2, -0.15) is 4.31 Å². The van der Waals surface area contributed by atoms with Crippen LogP contribution in [-0.2, 0) is 16.6 Å². The maximum Gasteiger partial charge on any atom is 0.244 e. The fourth-order valence-corrected chi connectivity index (χ4v) is 4.31. The number of hydrogen-bond acceptors (Lipinski definition) is 3. The highest BCUT2D eigenvalue weighted by Gasteiger charge is 2.26. The van der Waals surface area contributed by atoms with Crippen LogP contribution in [0.25, 0.3) is 0 Å². The van der Waals surface area contributed by atoms with Crippen LogP contribution >= 0.6 is 24.0 Å². The molecule has 0 radical (unpaired) electrons. The second-order valence-electron chi connectivity index (χ2n) is 5.40. The molecule has 0 saturated carbocycles. The molecular formula is C17H22Cl2N2O2S. The van der Waals surface area contributed by atoms with E-state index in [1.807, 2.05) is 37.3 Å². The van der Waals surface area contributed by atoms with Crippen molar-refractivity contribution in [1.29, 1.82) is 0 Å². The minimum atomic E-state index is -3.68. The summed E-state index contributed by atoms with van der Waals surface area (Å²) in [5, 5.41) is 0.237. The van der Waals surface area contributed by atoms with Crippen LogP contribution in [0.15, 0.2) is 53.4 Å². The molecule has 2 aromatic rings. The van der Waals surface area contributed by atoms with Crippen molar-refractivity contribution in [3.63, 3.8) is 0 Å². The van der Waals surface area contributed by atoms with E-state index < -0.39 is 10.0 Å². The van der Waals surface area contributed by atoms with Crippen LogP contribution in [0.2, 0.25) is 5.02 Å². The van der Waals surface area contributed by atoms with Gasteiger partial charge in [-0.05, 0) is 43.1 Å². The molecular weight excluding hydrogens is 367 g/mol. The Kier molecular flexibility index (Phi) is 8.19. The highest BCUT2D eigenvalue weighted by Crippen LogP contribution is 2.27. The first-order chi connectivity index (χ1) is 10.9. The van der Waals surface area contributed by atoms with Crippen molar-refractivity contribution >= 4 is 34.0 Å². The van der Waals surface area contributed by atoms with E-state index >= 15 is 0 Å². The lowest BCUT2D eigenvalue weighted by Crippen LogP contribution is -2.32. The van der Waals surface area contributed by atoms with Crippen molar-refractivity contribution < 1.29 is 8.42 Å². The Bertz CT molecular complexity index is 752. The summed E-state index contributed by atoms with van der Waals surface area (Å²) in [4.78, 5) is 0.145. The molecule has 0 atom stereocenters. The minimum absolute atomic E-state index is 0. The summed E-state index contributed by atoms with van der Waals surface area (Å²) < 4.78 is 27.5. The topological polar surface area (TPSA) is 63.4 Å². The second-order valence-corrected chi connectivity index (χ2v) is 7.71. The van der Waals surface area contributed by atoms with Gasteiger partial charge < -0.3 is 5.73 Å². The number of nitrogens with two attached hydrogens (primary N) is 1. The third kappa shape index (κ3) is 5.19. The van der Waals surface area contributed by atoms with Crippen molar-refractivity contribution in [2.24, 2.45) is 5.73 Å². The van der Waals surface area contributed by atoms with Gasteiger partial charge in [-0.1, -0.05) is 48.0 Å². The molecule has 7 heteroatoms. The van der Waals surface area contributed by atoms with E-state index in [9.17, 15) is 8.42 Å². The zero-order valence-corrected chi connectivity index (χ0v) is 15.9. The van der Waals surface area contributed by atoms with Gasteiger partial charge in [-0.25, -0.2) is 8.42 Å². The van der Waals surface area contributed by atoms with Crippen LogP contribution in [0.3, 0.4) is 0 Å². The van der Waals surface area contributed by atoms with Gasteiger partial charge >= 0.3 is 0 Å². The van der Waals surface area contributed by atoms with Gasteiger partial charge in [-0.15, -0.1) is 12.4 Å². The summed E-state index contributed by atoms with van der Waals surface area (Å²) >= 11 is 6.13. The van der Waals surface area contributed by atoms with Crippen LogP contribution in [0.5, 0.6) is 0 Å². The molecule has 0 aliphatic rings. The molecule has 0 aliphatic heterocycles. The first kappa shape index (κ1) is 20.9. The molecule has 0 unspecified atom stereocenters. The zero-order chi connectivity index (χ0) is 16.9. The quantitative estimate of drug-likeness (QED) is 0.787. The van der Waals surface area contributed by atoms with E-state index in [-0.39, 0.29) is 22.3 Å². The Morgan fingerprint density at radius 2 is 1.79 bits per heavy atom. The van der Waals surface area contributed by atoms with Gasteiger partial charge in [0.25, 0.3) is 0 Å². The fourth-order valence-electron chi connectivity index (χ4n) is 2.29. The van der Waals surface area contributed by atoms with Gasteiger partial charge in [0.2, 0.25) is 10.0 Å². The maximum absolute atomic E-state index is 13.0. The molecule has 0 amide bonds. The molecule has 2 N–H and O–H groups in total. The lowest BCUT2D eigenvalue weighted by atomic mass is 10.2. The normalized spacial score (nSPS) is 11.3. The summed E-state index contributed by atoms with van der Waals surface area (Å²) in [6.45, 7) is 2.94. The molecule has 0 spiro atoms. The number of nitrogens with zero attached hydrogens (tertiary/aromatic N) is 1. The summed E-state index contributed by atoms with van der Waals surface area (Å²) in [6, 6.07) is 14.5. The van der Waals surface area contributed by atoms with E-state index in [1.165, 1.54) is 4.31 Å². The molecule has 4 nitrogen and oxygen atoms in total. The van der Waals surface area contributed by atoms with Crippen LogP contribution in [0.4, 0.5) is 0 Å². The molecule has 2 aromatic carbocycles. The standard InChI is InChI=1S/C17H21ClN2O2S.ClH/c1-14-8-9-16(18)17(12-14)23(21,22)20(11-5-10-19)13-15-6-3-2-4-7-15;/h2-4,6-9,12H,5,10-11,13,19H2,1H3;1H. The third-order valence-electron chi connectivity index (χ3n) is 3.52. The average molecular weight is 389 g/mol. The van der Waals surface area contributed by atoms with Gasteiger partial charge in [0.05, 0.1) is 5.02 Å². The summed E-state index contributed by atoms with van der Waals surface area (Å²) in [5.41, 5.74) is 7.34. The number of hydrogen-bond donors (Lipinski definition) is 1. The monoisotopic (exact) mass is 388 g/mol. The van der Waals surface area contributed by atoms with E-state index in [0.29, 0.717) is 26.1 Å². The van der Waals surface area contributed by atoms with Crippen molar-refractivity contribution in [2.75, 3.05) is 13.1 Å². The van der Waals surface area contributed by atoms with Crippen molar-refractivity contribution in [3.8, 4) is 0 Å². The van der Waals surface area contributed by atoms with Crippen molar-refractivity contribution in [3.05, 3.63) is 64.7 Å². The number of benzene rings is 2. The summed E-state index contributed by atoms with van der Waals surface area (Å²) in [7, 11) is -3.68. The first-order valence-corrected chi connectivity index (χ1v) is 9.27. The highest BCUT2D eigenvalue weighted by atomic mass is 35.5. The molecule has 0 aliphatic carbocycles. The van der Waals surface area contributed by atoms with Crippen LogP contribution < -0.4 is 5.73 Å². The number of aryl methyl sites for hydroxylation is 1. The fraction of sp³-hybridized carbons (Fsp3) is 0.294. The minimum Gasteiger partial charge on any atom is -0.330 e. The smallest absolute Gasteiger partial charge is 0.244 e. The van der Waals surface area contributed by atoms with Gasteiger partial charge in [0.15, 0.2) is 0 Å². The number of halogens is 2. The summed E-state index contributed by atoms with van der Waals surface area (Å²) in [6.07, 6.45) is 0.593. The van der Waals surface area contributed by atoms with Gasteiger partial charge in [0.1, 0.15) is 4.90 Å². The van der Waals surface area contributed by atoms with Crippen LogP contribution in [0, 0.1) is 6.92 Å². The highest BCUT2D eigenvalue weighted by molar-refractivity contribution is 7.89. The Hall–Kier alpha value is -1.11. The number of rotatable bonds is 7. The number of sulfonamides is 1. The SMILES string of the molecule is Cc1ccc(Cl)c(S(=O)(=O)N(CCCN)Cc2ccccc2)c1.Cl. The lowest BCUT2D eigenvalue weighted by molar-refractivity contribution is 0.402. The first-order valence-electron chi connectivity index (χ1n) is 7.45.